The van der Waals surface area contributed by atoms with E-state index in [1.807, 2.05) is 12.2 Å². The first kappa shape index (κ1) is 6.34. The summed E-state index contributed by atoms with van der Waals surface area (Å²) in [5, 5.41) is 9.35. The molecule has 0 aliphatic heterocycles. The highest BCUT2D eigenvalue weighted by molar-refractivity contribution is 5.34. The van der Waals surface area contributed by atoms with Gasteiger partial charge < -0.3 is 5.11 Å². The lowest BCUT2D eigenvalue weighted by Crippen LogP contribution is -2.19. The van der Waals surface area contributed by atoms with E-state index in [0.29, 0.717) is 0 Å². The van der Waals surface area contributed by atoms with Crippen LogP contribution in [0.5, 0.6) is 0 Å². The molecule has 0 atom stereocenters. The lowest BCUT2D eigenvalue weighted by atomic mass is 10.0. The van der Waals surface area contributed by atoms with Crippen molar-refractivity contribution in [3.63, 3.8) is 0 Å². The van der Waals surface area contributed by atoms with Gasteiger partial charge in [0.25, 0.3) is 0 Å². The van der Waals surface area contributed by atoms with E-state index >= 15 is 0 Å². The van der Waals surface area contributed by atoms with Crippen LogP contribution in [0.2, 0.25) is 0 Å². The number of rotatable bonds is 1. The second-order valence-electron chi connectivity index (χ2n) is 2.64. The van der Waals surface area contributed by atoms with Gasteiger partial charge in [-0.1, -0.05) is 6.08 Å². The van der Waals surface area contributed by atoms with Gasteiger partial charge in [0, 0.05) is 5.57 Å². The molecule has 9 heavy (non-hydrogen) atoms. The normalized spacial score (nSPS) is 16.6. The molecule has 1 nitrogen and oxygen atoms in total. The summed E-state index contributed by atoms with van der Waals surface area (Å²) >= 11 is 0. The average molecular weight is 122 g/mol. The molecule has 0 aromatic carbocycles. The molecule has 1 N–H and O–H groups in total. The van der Waals surface area contributed by atoms with Gasteiger partial charge >= 0.3 is 0 Å². The quantitative estimate of drug-likeness (QED) is 0.521. The van der Waals surface area contributed by atoms with E-state index in [2.05, 4.69) is 5.73 Å². The molecule has 0 spiro atoms. The van der Waals surface area contributed by atoms with Crippen molar-refractivity contribution < 1.29 is 5.11 Å². The minimum Gasteiger partial charge on any atom is -0.385 e. The molecule has 0 saturated carbocycles. The van der Waals surface area contributed by atoms with E-state index in [1.54, 1.807) is 19.9 Å². The molecule has 0 unspecified atom stereocenters. The lowest BCUT2D eigenvalue weighted by Gasteiger charge is -2.14. The molecule has 1 heteroatoms. The zero-order chi connectivity index (χ0) is 6.91. The van der Waals surface area contributed by atoms with Crippen molar-refractivity contribution in [2.45, 2.75) is 19.4 Å². The van der Waals surface area contributed by atoms with E-state index in [9.17, 15) is 5.11 Å². The first-order chi connectivity index (χ1) is 4.11. The fourth-order valence-electron chi connectivity index (χ4n) is 0.711. The van der Waals surface area contributed by atoms with Gasteiger partial charge in [0.05, 0.1) is 5.60 Å². The molecule has 0 aromatic rings. The Kier molecular flexibility index (Phi) is 1.32. The van der Waals surface area contributed by atoms with Crippen LogP contribution in [0.1, 0.15) is 13.8 Å². The second-order valence-corrected chi connectivity index (χ2v) is 2.64. The fraction of sp³-hybridized carbons (Fsp3) is 0.375. The summed E-state index contributed by atoms with van der Waals surface area (Å²) in [6.45, 7) is 3.50. The summed E-state index contributed by atoms with van der Waals surface area (Å²) in [7, 11) is 0. The Labute approximate surface area is 55.0 Å². The third-order valence-corrected chi connectivity index (χ3v) is 1.26. The largest absolute Gasteiger partial charge is 0.385 e. The molecule has 0 heterocycles. The summed E-state index contributed by atoms with van der Waals surface area (Å²) in [5.41, 5.74) is 3.04. The Bertz CT molecular complexity index is 197. The predicted molar refractivity (Wildman–Crippen MR) is 37.0 cm³/mol. The highest BCUT2D eigenvalue weighted by Gasteiger charge is 2.16. The lowest BCUT2D eigenvalue weighted by molar-refractivity contribution is 0.124. The SMILES string of the molecule is CC(C)(O)C1=C=CC=C1. The van der Waals surface area contributed by atoms with Crippen LogP contribution in [0.25, 0.3) is 0 Å². The standard InChI is InChI=1S/C8H10O/c1-8(2,9)7-5-3-4-6-7/h3-5,9H,1-2H3. The highest BCUT2D eigenvalue weighted by atomic mass is 16.3. The predicted octanol–water partition coefficient (Wildman–Crippen LogP) is 1.41. The van der Waals surface area contributed by atoms with Crippen molar-refractivity contribution in [3.05, 3.63) is 29.5 Å². The Morgan fingerprint density at radius 1 is 1.56 bits per heavy atom. The number of hydrogen-bond acceptors (Lipinski definition) is 1. The topological polar surface area (TPSA) is 20.2 Å². The molecular formula is C8H10O. The van der Waals surface area contributed by atoms with E-state index in [4.69, 9.17) is 0 Å². The van der Waals surface area contributed by atoms with Crippen LogP contribution in [-0.4, -0.2) is 10.7 Å². The molecule has 48 valence electrons. The zero-order valence-corrected chi connectivity index (χ0v) is 5.68. The van der Waals surface area contributed by atoms with E-state index in [-0.39, 0.29) is 0 Å². The maximum atomic E-state index is 9.35. The monoisotopic (exact) mass is 122 g/mol. The average Bonchev–Trinajstić information content (AvgIpc) is 2.08. The third kappa shape index (κ3) is 1.32. The minimum atomic E-state index is -0.733. The van der Waals surface area contributed by atoms with Gasteiger partial charge in [0.15, 0.2) is 0 Å². The molecule has 0 saturated heterocycles. The minimum absolute atomic E-state index is 0.733. The summed E-state index contributed by atoms with van der Waals surface area (Å²) in [6, 6.07) is 0. The number of hydrogen-bond donors (Lipinski definition) is 1. The number of aliphatic hydroxyl groups is 1. The summed E-state index contributed by atoms with van der Waals surface area (Å²) in [6.07, 6.45) is 5.53. The van der Waals surface area contributed by atoms with Crippen LogP contribution >= 0.6 is 0 Å². The van der Waals surface area contributed by atoms with Gasteiger partial charge in [-0.15, -0.1) is 5.73 Å². The maximum Gasteiger partial charge on any atom is 0.0911 e. The number of allylic oxidation sites excluding steroid dienone is 1. The molecule has 1 aliphatic carbocycles. The Morgan fingerprint density at radius 3 is 2.44 bits per heavy atom. The molecule has 0 fully saturated rings. The Hall–Kier alpha value is -0.780. The van der Waals surface area contributed by atoms with Crippen LogP contribution in [0, 0.1) is 0 Å². The van der Waals surface area contributed by atoms with Crippen molar-refractivity contribution >= 4 is 0 Å². The molecule has 0 aromatic heterocycles. The van der Waals surface area contributed by atoms with Crippen molar-refractivity contribution in [3.8, 4) is 0 Å². The maximum absolute atomic E-state index is 9.35. The van der Waals surface area contributed by atoms with Gasteiger partial charge in [-0.05, 0) is 26.0 Å². The van der Waals surface area contributed by atoms with Crippen molar-refractivity contribution in [1.82, 2.24) is 0 Å². The highest BCUT2D eigenvalue weighted by Crippen LogP contribution is 2.17. The fourth-order valence-corrected chi connectivity index (χ4v) is 0.711. The van der Waals surface area contributed by atoms with Gasteiger partial charge in [0.2, 0.25) is 0 Å². The Morgan fingerprint density at radius 2 is 2.22 bits per heavy atom. The first-order valence-corrected chi connectivity index (χ1v) is 2.97. The van der Waals surface area contributed by atoms with Crippen LogP contribution in [0.3, 0.4) is 0 Å². The van der Waals surface area contributed by atoms with Crippen LogP contribution in [0.4, 0.5) is 0 Å². The van der Waals surface area contributed by atoms with E-state index in [0.717, 1.165) is 5.57 Å². The Balaban J connectivity index is 2.88. The van der Waals surface area contributed by atoms with Crippen molar-refractivity contribution in [2.75, 3.05) is 0 Å². The molecule has 1 rings (SSSR count). The van der Waals surface area contributed by atoms with Gasteiger partial charge in [-0.2, -0.15) is 0 Å². The van der Waals surface area contributed by atoms with Gasteiger partial charge in [0.1, 0.15) is 0 Å². The molecule has 0 bridgehead atoms. The third-order valence-electron chi connectivity index (χ3n) is 1.26. The summed E-state index contributed by atoms with van der Waals surface area (Å²) < 4.78 is 0. The van der Waals surface area contributed by atoms with E-state index < -0.39 is 5.60 Å². The van der Waals surface area contributed by atoms with Gasteiger partial charge in [-0.25, -0.2) is 0 Å². The van der Waals surface area contributed by atoms with Crippen LogP contribution in [0.15, 0.2) is 29.5 Å². The van der Waals surface area contributed by atoms with Crippen LogP contribution in [-0.2, 0) is 0 Å². The van der Waals surface area contributed by atoms with Crippen molar-refractivity contribution in [2.24, 2.45) is 0 Å². The zero-order valence-electron chi connectivity index (χ0n) is 5.68. The smallest absolute Gasteiger partial charge is 0.0911 e. The molecule has 0 amide bonds. The summed E-state index contributed by atoms with van der Waals surface area (Å²) in [5.74, 6) is 0. The summed E-state index contributed by atoms with van der Waals surface area (Å²) in [4.78, 5) is 0. The first-order valence-electron chi connectivity index (χ1n) is 2.97. The van der Waals surface area contributed by atoms with Crippen molar-refractivity contribution in [1.29, 1.82) is 0 Å². The van der Waals surface area contributed by atoms with Gasteiger partial charge in [-0.3, -0.25) is 0 Å². The second kappa shape index (κ2) is 1.87. The van der Waals surface area contributed by atoms with E-state index in [1.165, 1.54) is 0 Å². The molecular weight excluding hydrogens is 112 g/mol. The molecule has 1 aliphatic rings. The van der Waals surface area contributed by atoms with Crippen LogP contribution < -0.4 is 0 Å². The molecule has 0 radical (unpaired) electrons.